The summed E-state index contributed by atoms with van der Waals surface area (Å²) in [5, 5.41) is 2.73. The van der Waals surface area contributed by atoms with E-state index < -0.39 is 0 Å². The molecule has 2 N–H and O–H groups in total. The average molecular weight is 278 g/mol. The van der Waals surface area contributed by atoms with Gasteiger partial charge in [0.25, 0.3) is 0 Å². The van der Waals surface area contributed by atoms with E-state index in [1.165, 1.54) is 40.2 Å². The minimum Gasteiger partial charge on any atom is -0.338 e. The fourth-order valence-electron chi connectivity index (χ4n) is 3.65. The van der Waals surface area contributed by atoms with Gasteiger partial charge in [-0.1, -0.05) is 24.3 Å². The Morgan fingerprint density at radius 2 is 1.76 bits per heavy atom. The number of aromatic nitrogens is 1. The first kappa shape index (κ1) is 12.9. The maximum Gasteiger partial charge on any atom is 0.0494 e. The highest BCUT2D eigenvalue weighted by molar-refractivity contribution is 6.08. The van der Waals surface area contributed by atoms with Crippen molar-refractivity contribution >= 4 is 21.8 Å². The van der Waals surface area contributed by atoms with E-state index in [-0.39, 0.29) is 5.41 Å². The molecule has 21 heavy (non-hydrogen) atoms. The van der Waals surface area contributed by atoms with Crippen molar-refractivity contribution < 1.29 is 0 Å². The van der Waals surface area contributed by atoms with E-state index in [0.717, 1.165) is 6.54 Å². The van der Waals surface area contributed by atoms with Gasteiger partial charge < -0.3 is 10.3 Å². The van der Waals surface area contributed by atoms with Gasteiger partial charge >= 0.3 is 0 Å². The van der Waals surface area contributed by atoms with Crippen LogP contribution in [-0.2, 0) is 5.41 Å². The molecule has 108 valence electrons. The van der Waals surface area contributed by atoms with Gasteiger partial charge in [0.1, 0.15) is 0 Å². The molecule has 0 bridgehead atoms. The third-order valence-electron chi connectivity index (χ3n) is 5.08. The number of nitrogens with zero attached hydrogens (tertiary/aromatic N) is 1. The van der Waals surface area contributed by atoms with Crippen LogP contribution in [0, 0.1) is 0 Å². The predicted octanol–water partition coefficient (Wildman–Crippen LogP) is 4.37. The summed E-state index contributed by atoms with van der Waals surface area (Å²) in [6, 6.07) is 16.2. The first-order chi connectivity index (χ1) is 10.2. The lowest BCUT2D eigenvalue weighted by Crippen LogP contribution is -2.19. The molecule has 4 rings (SSSR count). The molecule has 1 aliphatic carbocycles. The minimum absolute atomic E-state index is 0.259. The molecule has 3 aromatic rings. The molecule has 1 aliphatic rings. The second kappa shape index (κ2) is 4.35. The number of rotatable bonds is 3. The maximum absolute atomic E-state index is 6.01. The Labute approximate surface area is 125 Å². The highest BCUT2D eigenvalue weighted by Crippen LogP contribution is 2.48. The summed E-state index contributed by atoms with van der Waals surface area (Å²) >= 11 is 0. The number of benzene rings is 2. The molecule has 1 aromatic heterocycles. The topological polar surface area (TPSA) is 30.9 Å². The van der Waals surface area contributed by atoms with Gasteiger partial charge in [-0.15, -0.1) is 0 Å². The van der Waals surface area contributed by atoms with Gasteiger partial charge in [0, 0.05) is 39.8 Å². The normalized spacial score (nSPS) is 17.0. The van der Waals surface area contributed by atoms with E-state index in [9.17, 15) is 0 Å². The predicted molar refractivity (Wildman–Crippen MR) is 89.8 cm³/mol. The van der Waals surface area contributed by atoms with Crippen LogP contribution in [0.5, 0.6) is 0 Å². The van der Waals surface area contributed by atoms with Gasteiger partial charge in [-0.2, -0.15) is 0 Å². The number of fused-ring (bicyclic) bond motifs is 3. The lowest BCUT2D eigenvalue weighted by Gasteiger charge is -2.14. The molecule has 2 nitrogen and oxygen atoms in total. The van der Waals surface area contributed by atoms with Crippen LogP contribution >= 0.6 is 0 Å². The van der Waals surface area contributed by atoms with E-state index in [4.69, 9.17) is 5.73 Å². The van der Waals surface area contributed by atoms with E-state index >= 15 is 0 Å². The Morgan fingerprint density at radius 1 is 1.05 bits per heavy atom. The molecule has 1 fully saturated rings. The lowest BCUT2D eigenvalue weighted by molar-refractivity contribution is 0.642. The molecule has 0 atom stereocenters. The smallest absolute Gasteiger partial charge is 0.0494 e. The van der Waals surface area contributed by atoms with Crippen LogP contribution in [-0.4, -0.2) is 11.1 Å². The molecular weight excluding hydrogens is 256 g/mol. The van der Waals surface area contributed by atoms with Crippen molar-refractivity contribution in [3.05, 3.63) is 48.0 Å². The van der Waals surface area contributed by atoms with Crippen LogP contribution < -0.4 is 5.73 Å². The zero-order valence-electron chi connectivity index (χ0n) is 12.8. The summed E-state index contributed by atoms with van der Waals surface area (Å²) in [5.74, 6) is 0. The van der Waals surface area contributed by atoms with Crippen LogP contribution in [0.15, 0.2) is 42.5 Å². The molecule has 2 heteroatoms. The molecular formula is C19H22N2. The molecule has 0 amide bonds. The van der Waals surface area contributed by atoms with E-state index in [2.05, 4.69) is 60.9 Å². The van der Waals surface area contributed by atoms with Gasteiger partial charge in [-0.25, -0.2) is 0 Å². The molecule has 1 saturated carbocycles. The quantitative estimate of drug-likeness (QED) is 0.758. The lowest BCUT2D eigenvalue weighted by atomic mass is 9.94. The molecule has 0 aliphatic heterocycles. The van der Waals surface area contributed by atoms with Crippen molar-refractivity contribution in [1.82, 2.24) is 4.57 Å². The molecule has 0 radical (unpaired) electrons. The van der Waals surface area contributed by atoms with Crippen LogP contribution in [0.1, 0.15) is 38.3 Å². The Hall–Kier alpha value is -1.80. The third-order valence-corrected chi connectivity index (χ3v) is 5.08. The van der Waals surface area contributed by atoms with Gasteiger partial charge in [0.2, 0.25) is 0 Å². The SMILES string of the molecule is CC(C)n1c2ccccc2c2cc(C3(CN)CC3)ccc21. The van der Waals surface area contributed by atoms with E-state index in [0.29, 0.717) is 6.04 Å². The summed E-state index contributed by atoms with van der Waals surface area (Å²) in [6.07, 6.45) is 2.47. The number of nitrogens with two attached hydrogens (primary N) is 1. The van der Waals surface area contributed by atoms with Gasteiger partial charge in [-0.05, 0) is 50.5 Å². The Bertz CT molecular complexity index is 822. The summed E-state index contributed by atoms with van der Waals surface area (Å²) in [7, 11) is 0. The first-order valence-corrected chi connectivity index (χ1v) is 7.89. The van der Waals surface area contributed by atoms with Crippen molar-refractivity contribution in [3.8, 4) is 0 Å². The Morgan fingerprint density at radius 3 is 2.43 bits per heavy atom. The number of hydrogen-bond acceptors (Lipinski definition) is 1. The fourth-order valence-corrected chi connectivity index (χ4v) is 3.65. The highest BCUT2D eigenvalue weighted by atomic mass is 15.0. The van der Waals surface area contributed by atoms with E-state index in [1.807, 2.05) is 0 Å². The second-order valence-corrected chi connectivity index (χ2v) is 6.70. The molecule has 0 unspecified atom stereocenters. The zero-order chi connectivity index (χ0) is 14.6. The average Bonchev–Trinajstić information content (AvgIpc) is 3.23. The van der Waals surface area contributed by atoms with Crippen molar-refractivity contribution in [2.45, 2.75) is 38.1 Å². The Balaban J connectivity index is 2.06. The van der Waals surface area contributed by atoms with Crippen molar-refractivity contribution in [2.75, 3.05) is 6.54 Å². The maximum atomic E-state index is 6.01. The number of hydrogen-bond donors (Lipinski definition) is 1. The molecule has 1 heterocycles. The van der Waals surface area contributed by atoms with Crippen LogP contribution in [0.4, 0.5) is 0 Å². The first-order valence-electron chi connectivity index (χ1n) is 7.89. The standard InChI is InChI=1S/C19H22N2/c1-13(2)21-17-6-4-3-5-15(17)16-11-14(7-8-18(16)21)19(12-20)9-10-19/h3-8,11,13H,9-10,12,20H2,1-2H3. The highest BCUT2D eigenvalue weighted by Gasteiger charge is 2.42. The van der Waals surface area contributed by atoms with Crippen LogP contribution in [0.3, 0.4) is 0 Å². The summed E-state index contributed by atoms with van der Waals surface area (Å²) in [6.45, 7) is 5.27. The summed E-state index contributed by atoms with van der Waals surface area (Å²) in [5.41, 5.74) is 10.4. The van der Waals surface area contributed by atoms with Crippen LogP contribution in [0.25, 0.3) is 21.8 Å². The molecule has 0 saturated heterocycles. The molecule has 2 aromatic carbocycles. The van der Waals surface area contributed by atoms with Crippen LogP contribution in [0.2, 0.25) is 0 Å². The van der Waals surface area contributed by atoms with Gasteiger partial charge in [0.05, 0.1) is 0 Å². The van der Waals surface area contributed by atoms with E-state index in [1.54, 1.807) is 0 Å². The second-order valence-electron chi connectivity index (χ2n) is 6.70. The summed E-state index contributed by atoms with van der Waals surface area (Å²) < 4.78 is 2.44. The Kier molecular flexibility index (Phi) is 2.67. The third kappa shape index (κ3) is 1.75. The summed E-state index contributed by atoms with van der Waals surface area (Å²) in [4.78, 5) is 0. The van der Waals surface area contributed by atoms with Crippen molar-refractivity contribution in [2.24, 2.45) is 5.73 Å². The van der Waals surface area contributed by atoms with Crippen molar-refractivity contribution in [3.63, 3.8) is 0 Å². The van der Waals surface area contributed by atoms with Gasteiger partial charge in [0.15, 0.2) is 0 Å². The van der Waals surface area contributed by atoms with Gasteiger partial charge in [-0.3, -0.25) is 0 Å². The van der Waals surface area contributed by atoms with Crippen molar-refractivity contribution in [1.29, 1.82) is 0 Å². The molecule has 0 spiro atoms. The fraction of sp³-hybridized carbons (Fsp3) is 0.368. The monoisotopic (exact) mass is 278 g/mol. The number of para-hydroxylation sites is 1. The largest absolute Gasteiger partial charge is 0.338 e. The minimum atomic E-state index is 0.259. The zero-order valence-corrected chi connectivity index (χ0v) is 12.8.